The highest BCUT2D eigenvalue weighted by atomic mass is 16.1. The molecule has 0 aromatic heterocycles. The normalized spacial score (nSPS) is 8.75. The summed E-state index contributed by atoms with van der Waals surface area (Å²) in [5.74, 6) is 0. The van der Waals surface area contributed by atoms with Gasteiger partial charge in [0, 0.05) is 6.54 Å². The van der Waals surface area contributed by atoms with Crippen molar-refractivity contribution in [1.82, 2.24) is 10.2 Å². The number of hydrogen-bond donors (Lipinski definition) is 1. The van der Waals surface area contributed by atoms with Gasteiger partial charge in [0.1, 0.15) is 0 Å². The first-order chi connectivity index (χ1) is 3.85. The van der Waals surface area contributed by atoms with Gasteiger partial charge in [0.15, 0.2) is 0 Å². The molecule has 0 fully saturated rings. The van der Waals surface area contributed by atoms with Crippen LogP contribution in [0, 0.1) is 0 Å². The Morgan fingerprint density at radius 1 is 1.75 bits per heavy atom. The summed E-state index contributed by atoms with van der Waals surface area (Å²) < 4.78 is 0. The maximum Gasteiger partial charge on any atom is 0.313 e. The van der Waals surface area contributed by atoms with E-state index in [2.05, 4.69) is 5.32 Å². The fraction of sp³-hybridized carbons (Fsp3) is 0.800. The van der Waals surface area contributed by atoms with E-state index in [1.165, 1.54) is 4.90 Å². The predicted molar refractivity (Wildman–Crippen MR) is 32.0 cm³/mol. The second-order valence-corrected chi connectivity index (χ2v) is 1.46. The number of nitrogens with one attached hydrogen (secondary N) is 1. The number of nitrogens with zero attached hydrogens (tertiary/aromatic N) is 1. The van der Waals surface area contributed by atoms with Crippen molar-refractivity contribution in [2.75, 3.05) is 20.3 Å². The van der Waals surface area contributed by atoms with E-state index in [0.29, 0.717) is 13.2 Å². The highest BCUT2D eigenvalue weighted by Gasteiger charge is 1.92. The van der Waals surface area contributed by atoms with Gasteiger partial charge in [-0.25, -0.2) is 0 Å². The van der Waals surface area contributed by atoms with Crippen molar-refractivity contribution in [1.29, 1.82) is 0 Å². The van der Waals surface area contributed by atoms with Gasteiger partial charge >= 0.3 is 6.41 Å². The van der Waals surface area contributed by atoms with E-state index in [-0.39, 0.29) is 0 Å². The lowest BCUT2D eigenvalue weighted by Gasteiger charge is -2.10. The lowest BCUT2D eigenvalue weighted by molar-refractivity contribution is 0.378. The Morgan fingerprint density at radius 2 is 2.38 bits per heavy atom. The fourth-order valence-electron chi connectivity index (χ4n) is 0.399. The number of rotatable bonds is 4. The van der Waals surface area contributed by atoms with E-state index in [1.807, 2.05) is 6.92 Å². The van der Waals surface area contributed by atoms with Gasteiger partial charge in [0.25, 0.3) is 0 Å². The van der Waals surface area contributed by atoms with Crippen LogP contribution in [-0.4, -0.2) is 31.6 Å². The molecular formula is C5H11N2O. The predicted octanol–water partition coefficient (Wildman–Crippen LogP) is -0.448. The number of hydrogen-bond acceptors (Lipinski definition) is 2. The van der Waals surface area contributed by atoms with Crippen molar-refractivity contribution in [2.24, 2.45) is 0 Å². The lowest BCUT2D eigenvalue weighted by Crippen LogP contribution is -2.30. The molecule has 3 heteroatoms. The summed E-state index contributed by atoms with van der Waals surface area (Å²) in [6.07, 6.45) is 1.77. The largest absolute Gasteiger partial charge is 0.322 e. The van der Waals surface area contributed by atoms with E-state index < -0.39 is 0 Å². The zero-order valence-corrected chi connectivity index (χ0v) is 5.27. The molecule has 3 nitrogen and oxygen atoms in total. The number of amides is 1. The average molecular weight is 115 g/mol. The highest BCUT2D eigenvalue weighted by Crippen LogP contribution is 1.73. The highest BCUT2D eigenvalue weighted by molar-refractivity contribution is 5.47. The van der Waals surface area contributed by atoms with Crippen LogP contribution >= 0.6 is 0 Å². The van der Waals surface area contributed by atoms with Crippen molar-refractivity contribution < 1.29 is 4.79 Å². The van der Waals surface area contributed by atoms with Crippen molar-refractivity contribution in [3.63, 3.8) is 0 Å². The summed E-state index contributed by atoms with van der Waals surface area (Å²) in [7, 11) is 1.79. The molecule has 0 saturated carbocycles. The molecule has 0 aliphatic rings. The molecule has 0 atom stereocenters. The average Bonchev–Trinajstić information content (AvgIpc) is 1.83. The summed E-state index contributed by atoms with van der Waals surface area (Å²) in [6.45, 7) is 3.20. The fourth-order valence-corrected chi connectivity index (χ4v) is 0.399. The summed E-state index contributed by atoms with van der Waals surface area (Å²) in [4.78, 5) is 11.4. The van der Waals surface area contributed by atoms with E-state index >= 15 is 0 Å². The molecule has 0 aromatic carbocycles. The van der Waals surface area contributed by atoms with Crippen LogP contribution in [0.4, 0.5) is 0 Å². The second-order valence-electron chi connectivity index (χ2n) is 1.46. The Morgan fingerprint density at radius 3 is 2.50 bits per heavy atom. The second kappa shape index (κ2) is 4.59. The minimum atomic E-state index is 0.583. The Kier molecular flexibility index (Phi) is 4.26. The van der Waals surface area contributed by atoms with Crippen LogP contribution in [0.15, 0.2) is 0 Å². The van der Waals surface area contributed by atoms with Gasteiger partial charge in [-0.05, 0) is 14.0 Å². The maximum absolute atomic E-state index is 9.89. The summed E-state index contributed by atoms with van der Waals surface area (Å²) >= 11 is 0. The zero-order chi connectivity index (χ0) is 6.41. The van der Waals surface area contributed by atoms with Crippen LogP contribution in [0.3, 0.4) is 0 Å². The van der Waals surface area contributed by atoms with Gasteiger partial charge in [-0.3, -0.25) is 4.79 Å². The van der Waals surface area contributed by atoms with Crippen LogP contribution in [0.2, 0.25) is 0 Å². The Balaban J connectivity index is 3.21. The van der Waals surface area contributed by atoms with Gasteiger partial charge < -0.3 is 10.2 Å². The maximum atomic E-state index is 9.89. The minimum absolute atomic E-state index is 0.583. The smallest absolute Gasteiger partial charge is 0.313 e. The van der Waals surface area contributed by atoms with Gasteiger partial charge in [-0.1, -0.05) is 0 Å². The first-order valence-electron chi connectivity index (χ1n) is 2.62. The quantitative estimate of drug-likeness (QED) is 0.397. The topological polar surface area (TPSA) is 32.3 Å². The van der Waals surface area contributed by atoms with Crippen molar-refractivity contribution in [2.45, 2.75) is 6.92 Å². The summed E-state index contributed by atoms with van der Waals surface area (Å²) in [5.41, 5.74) is 0. The molecule has 1 N–H and O–H groups in total. The van der Waals surface area contributed by atoms with Gasteiger partial charge in [0.2, 0.25) is 0 Å². The molecule has 8 heavy (non-hydrogen) atoms. The molecular weight excluding hydrogens is 104 g/mol. The zero-order valence-electron chi connectivity index (χ0n) is 5.27. The molecule has 47 valence electrons. The summed E-state index contributed by atoms with van der Waals surface area (Å²) in [6, 6.07) is 0. The molecule has 0 saturated heterocycles. The van der Waals surface area contributed by atoms with Crippen molar-refractivity contribution in [3.05, 3.63) is 0 Å². The molecule has 0 spiro atoms. The Hall–Kier alpha value is -0.570. The molecule has 1 radical (unpaired) electrons. The molecule has 0 aliphatic heterocycles. The standard InChI is InChI=1S/C5H11N2O/c1-3-7(5-8)4-6-2/h6H,3-4H2,1-2H3. The van der Waals surface area contributed by atoms with Crippen LogP contribution in [0.25, 0.3) is 0 Å². The van der Waals surface area contributed by atoms with Crippen molar-refractivity contribution >= 4 is 6.41 Å². The van der Waals surface area contributed by atoms with E-state index in [0.717, 1.165) is 0 Å². The monoisotopic (exact) mass is 115 g/mol. The van der Waals surface area contributed by atoms with E-state index in [1.54, 1.807) is 13.5 Å². The van der Waals surface area contributed by atoms with Gasteiger partial charge in [-0.2, -0.15) is 0 Å². The van der Waals surface area contributed by atoms with Crippen LogP contribution in [-0.2, 0) is 4.79 Å². The lowest BCUT2D eigenvalue weighted by atomic mass is 10.6. The SMILES string of the molecule is CCN([C]=O)CNC. The minimum Gasteiger partial charge on any atom is -0.322 e. The third kappa shape index (κ3) is 2.58. The Labute approximate surface area is 49.7 Å². The number of carbonyl (C=O) groups excluding carboxylic acids is 1. The Bertz CT molecular complexity index is 65.4. The van der Waals surface area contributed by atoms with Gasteiger partial charge in [0.05, 0.1) is 6.67 Å². The molecule has 0 bridgehead atoms. The molecule has 0 rings (SSSR count). The molecule has 0 heterocycles. The van der Waals surface area contributed by atoms with Crippen LogP contribution in [0.1, 0.15) is 6.92 Å². The van der Waals surface area contributed by atoms with Crippen LogP contribution < -0.4 is 5.32 Å². The molecule has 0 unspecified atom stereocenters. The molecule has 0 aromatic rings. The van der Waals surface area contributed by atoms with Crippen molar-refractivity contribution in [3.8, 4) is 0 Å². The first-order valence-corrected chi connectivity index (χ1v) is 2.62. The third-order valence-electron chi connectivity index (χ3n) is 0.860. The third-order valence-corrected chi connectivity index (χ3v) is 0.860. The summed E-state index contributed by atoms with van der Waals surface area (Å²) in [5, 5.41) is 2.83. The van der Waals surface area contributed by atoms with E-state index in [4.69, 9.17) is 0 Å². The van der Waals surface area contributed by atoms with Crippen LogP contribution in [0.5, 0.6) is 0 Å². The van der Waals surface area contributed by atoms with Gasteiger partial charge in [-0.15, -0.1) is 0 Å². The van der Waals surface area contributed by atoms with E-state index in [9.17, 15) is 4.79 Å². The first kappa shape index (κ1) is 7.43. The molecule has 0 aliphatic carbocycles. The molecule has 1 amide bonds.